The van der Waals surface area contributed by atoms with Crippen molar-refractivity contribution in [3.05, 3.63) is 64.0 Å². The minimum atomic E-state index is 0.122. The van der Waals surface area contributed by atoms with Gasteiger partial charge in [-0.15, -0.1) is 0 Å². The van der Waals surface area contributed by atoms with Crippen molar-refractivity contribution in [3.63, 3.8) is 0 Å². The molecule has 12 heteroatoms. The monoisotopic (exact) mass is 875 g/mol. The first kappa shape index (κ1) is 33.2. The van der Waals surface area contributed by atoms with Crippen LogP contribution in [0.5, 0.6) is 0 Å². The second-order valence-corrected chi connectivity index (χ2v) is 20.1. The van der Waals surface area contributed by atoms with Crippen LogP contribution in [0.1, 0.15) is 17.7 Å². The number of nitrogens with zero attached hydrogens (tertiary/aromatic N) is 3. The third-order valence-electron chi connectivity index (χ3n) is 2.77. The van der Waals surface area contributed by atoms with Gasteiger partial charge in [0.15, 0.2) is 0 Å². The van der Waals surface area contributed by atoms with E-state index in [9.17, 15) is 0 Å². The zero-order valence-corrected chi connectivity index (χ0v) is 31.4. The normalized spacial score (nSPS) is 8.68. The molecule has 0 unspecified atom stereocenters. The molecule has 31 heavy (non-hydrogen) atoms. The van der Waals surface area contributed by atoms with Crippen LogP contribution in [0, 0.1) is 30.7 Å². The quantitative estimate of drug-likeness (QED) is 0.283. The zero-order valence-electron chi connectivity index (χ0n) is 16.5. The second-order valence-electron chi connectivity index (χ2n) is 4.85. The number of nitriles is 3. The molecule has 158 valence electrons. The van der Waals surface area contributed by atoms with Gasteiger partial charge in [-0.25, -0.2) is 0 Å². The van der Waals surface area contributed by atoms with Crippen LogP contribution in [0.3, 0.4) is 0 Å². The molecule has 0 aliphatic heterocycles. The van der Waals surface area contributed by atoms with Gasteiger partial charge >= 0.3 is 265 Å². The number of alkyl halides is 2. The molecule has 3 nitrogen and oxygen atoms in total. The summed E-state index contributed by atoms with van der Waals surface area (Å²) in [6.45, 7) is 0. The van der Waals surface area contributed by atoms with E-state index in [4.69, 9.17) is 39.0 Å². The molecular formula is C19H16Cl2KN3Se6. The molecule has 0 saturated carbocycles. The molecule has 3 aromatic heterocycles. The van der Waals surface area contributed by atoms with Gasteiger partial charge in [-0.1, -0.05) is 0 Å². The van der Waals surface area contributed by atoms with Crippen LogP contribution in [-0.2, 0) is 22.4 Å². The van der Waals surface area contributed by atoms with Crippen molar-refractivity contribution < 1.29 is 0 Å². The van der Waals surface area contributed by atoms with Crippen molar-refractivity contribution in [1.82, 2.24) is 0 Å². The fourth-order valence-corrected chi connectivity index (χ4v) is 10.1. The molecule has 0 aliphatic rings. The molecule has 3 heterocycles. The van der Waals surface area contributed by atoms with E-state index in [0.29, 0.717) is 60.9 Å². The summed E-state index contributed by atoms with van der Waals surface area (Å²) in [6, 6.07) is 12.6. The van der Waals surface area contributed by atoms with Gasteiger partial charge < -0.3 is 0 Å². The van der Waals surface area contributed by atoms with Crippen molar-refractivity contribution in [3.8, 4) is 14.9 Å². The summed E-state index contributed by atoms with van der Waals surface area (Å²) in [5.41, 5.74) is 0.410. The van der Waals surface area contributed by atoms with Crippen LogP contribution >= 0.6 is 23.2 Å². The summed E-state index contributed by atoms with van der Waals surface area (Å²) in [7, 11) is 0. The Bertz CT molecular complexity index is 858. The van der Waals surface area contributed by atoms with E-state index >= 15 is 0 Å². The van der Waals surface area contributed by atoms with E-state index in [1.54, 1.807) is 0 Å². The fraction of sp³-hybridized carbons (Fsp3) is 0.211. The van der Waals surface area contributed by atoms with Crippen molar-refractivity contribution in [1.29, 1.82) is 15.8 Å². The van der Waals surface area contributed by atoms with E-state index in [1.807, 2.05) is 0 Å². The second kappa shape index (κ2) is 25.3. The number of hydrogen-bond acceptors (Lipinski definition) is 3. The molecule has 0 amide bonds. The first-order chi connectivity index (χ1) is 15.1. The predicted octanol–water partition coefficient (Wildman–Crippen LogP) is 2.33. The average molecular weight is 870 g/mol. The molecule has 0 aromatic carbocycles. The van der Waals surface area contributed by atoms with Gasteiger partial charge in [0.25, 0.3) is 0 Å². The Kier molecular flexibility index (Phi) is 27.2. The van der Waals surface area contributed by atoms with Crippen molar-refractivity contribution in [2.45, 2.75) is 22.4 Å². The van der Waals surface area contributed by atoms with Gasteiger partial charge in [0.2, 0.25) is 0 Å². The Morgan fingerprint density at radius 2 is 1.13 bits per heavy atom. The Labute approximate surface area is 259 Å². The number of rotatable bonds is 6. The summed E-state index contributed by atoms with van der Waals surface area (Å²) in [4.78, 5) is 10.9. The van der Waals surface area contributed by atoms with E-state index in [1.165, 1.54) is 17.7 Å². The molecule has 0 fully saturated rings. The Balaban J connectivity index is 0.000000430. The van der Waals surface area contributed by atoms with Crippen molar-refractivity contribution in [2.75, 3.05) is 0 Å². The van der Waals surface area contributed by atoms with E-state index in [2.05, 4.69) is 61.2 Å². The van der Waals surface area contributed by atoms with Crippen LogP contribution in [-0.4, -0.2) is 124 Å². The summed E-state index contributed by atoms with van der Waals surface area (Å²) in [6.07, 6.45) is 0. The van der Waals surface area contributed by atoms with Gasteiger partial charge in [-0.2, -0.15) is 0 Å². The SMILES string of the molecule is ClCc1ccc(CCl)[se]1.N#C[Se]Cc1ccc(C[Se]C#N)[se]1.N#C[Se][K].c1cc[se]c1. The molecule has 0 atom stereocenters. The van der Waals surface area contributed by atoms with Gasteiger partial charge in [-0.05, 0) is 0 Å². The molecule has 0 radical (unpaired) electrons. The maximum absolute atomic E-state index is 8.43. The van der Waals surface area contributed by atoms with Crippen LogP contribution in [0.4, 0.5) is 0 Å². The maximum atomic E-state index is 8.43. The van der Waals surface area contributed by atoms with Gasteiger partial charge in [-0.3, -0.25) is 0 Å². The molecule has 0 aliphatic carbocycles. The molecular weight excluding hydrogens is 854 g/mol. The minimum absolute atomic E-state index is 0.122. The predicted molar refractivity (Wildman–Crippen MR) is 137 cm³/mol. The number of halogens is 2. The van der Waals surface area contributed by atoms with Gasteiger partial charge in [0, 0.05) is 0 Å². The molecule has 0 N–H and O–H groups in total. The molecule has 0 spiro atoms. The van der Waals surface area contributed by atoms with Crippen molar-refractivity contribution >= 4 is 148 Å². The topological polar surface area (TPSA) is 71.4 Å². The number of hydrogen-bond donors (Lipinski definition) is 0. The van der Waals surface area contributed by atoms with Crippen LogP contribution < -0.4 is 0 Å². The summed E-state index contributed by atoms with van der Waals surface area (Å²) >= 11 is 13.9. The Morgan fingerprint density at radius 1 is 0.742 bits per heavy atom. The standard InChI is InChI=1S/C8H6N2Se3.C6H6Cl2Se.C4H4Se.CHNSe.K/c9-5-11-3-7-1-2-8(13-7)4-12-6-10;7-3-5-1-2-6(4-8)9-5;1-2-4-5-3-1;2-1-3;/h1-2H,3-4H2;1-2H,3-4H2;1-4H;3H;/q;;;;+1/p-1. The Hall–Kier alpha value is 2.24. The Morgan fingerprint density at radius 3 is 1.39 bits per heavy atom. The average Bonchev–Trinajstić information content (AvgIpc) is 3.60. The third-order valence-corrected chi connectivity index (χ3v) is 16.1. The first-order valence-corrected chi connectivity index (χ1v) is 28.1. The molecule has 3 rings (SSSR count). The summed E-state index contributed by atoms with van der Waals surface area (Å²) < 4.78 is 5.52. The van der Waals surface area contributed by atoms with Crippen LogP contribution in [0.25, 0.3) is 0 Å². The van der Waals surface area contributed by atoms with Crippen LogP contribution in [0.15, 0.2) is 46.3 Å². The first-order valence-electron chi connectivity index (χ1n) is 8.33. The zero-order chi connectivity index (χ0) is 23.2. The van der Waals surface area contributed by atoms with Gasteiger partial charge in [0.1, 0.15) is 0 Å². The fourth-order valence-electron chi connectivity index (χ4n) is 1.58. The summed E-state index contributed by atoms with van der Waals surface area (Å²) in [5, 5.41) is 26.5. The molecule has 0 saturated heterocycles. The van der Waals surface area contributed by atoms with Crippen molar-refractivity contribution in [2.24, 2.45) is 0 Å². The van der Waals surface area contributed by atoms with E-state index < -0.39 is 0 Å². The summed E-state index contributed by atoms with van der Waals surface area (Å²) in [5.74, 6) is 1.33. The third kappa shape index (κ3) is 20.2. The van der Waals surface area contributed by atoms with Crippen LogP contribution in [0.2, 0.25) is 0 Å². The van der Waals surface area contributed by atoms with E-state index in [0.717, 1.165) is 56.0 Å². The van der Waals surface area contributed by atoms with Gasteiger partial charge in [0.05, 0.1) is 0 Å². The molecule has 0 bridgehead atoms. The van der Waals surface area contributed by atoms with E-state index in [-0.39, 0.29) is 29.9 Å². The molecule has 3 aromatic rings.